The number of carbonyl (C=O) groups is 3. The monoisotopic (exact) mass is 385 g/mol. The van der Waals surface area contributed by atoms with Gasteiger partial charge in [0.15, 0.2) is 0 Å². The molecule has 0 spiro atoms. The van der Waals surface area contributed by atoms with Crippen molar-refractivity contribution in [1.82, 2.24) is 4.90 Å². The molecule has 0 amide bonds. The Balaban J connectivity index is 2.39. The van der Waals surface area contributed by atoms with E-state index in [0.717, 1.165) is 5.56 Å². The second-order valence-corrected chi connectivity index (χ2v) is 6.04. The fraction of sp³-hybridized carbons (Fsp3) is 0.286. The zero-order valence-corrected chi connectivity index (χ0v) is 16.3. The SMILES string of the molecule is CCN(C)C(C(=O)Oc1cc(C(=O)OC)cc(C(=O)OC)c1)c1ccccc1. The first-order chi connectivity index (χ1) is 13.4. The molecule has 7 heteroatoms. The molecule has 0 bridgehead atoms. The highest BCUT2D eigenvalue weighted by Gasteiger charge is 2.27. The van der Waals surface area contributed by atoms with Gasteiger partial charge in [0, 0.05) is 0 Å². The summed E-state index contributed by atoms with van der Waals surface area (Å²) in [6, 6.07) is 12.6. The molecule has 0 heterocycles. The number of esters is 3. The second kappa shape index (κ2) is 9.66. The predicted octanol–water partition coefficient (Wildman–Crippen LogP) is 2.86. The number of likely N-dealkylation sites (N-methyl/N-ethyl adjacent to an activating group) is 1. The van der Waals surface area contributed by atoms with Crippen LogP contribution in [0.2, 0.25) is 0 Å². The normalized spacial score (nSPS) is 11.6. The molecule has 0 saturated carbocycles. The highest BCUT2D eigenvalue weighted by molar-refractivity contribution is 5.96. The van der Waals surface area contributed by atoms with E-state index in [1.807, 2.05) is 49.2 Å². The van der Waals surface area contributed by atoms with Gasteiger partial charge < -0.3 is 14.2 Å². The van der Waals surface area contributed by atoms with Gasteiger partial charge >= 0.3 is 17.9 Å². The number of nitrogens with zero attached hydrogens (tertiary/aromatic N) is 1. The Hall–Kier alpha value is -3.19. The molecule has 7 nitrogen and oxygen atoms in total. The molecule has 0 aliphatic rings. The van der Waals surface area contributed by atoms with E-state index in [1.54, 1.807) is 0 Å². The Bertz CT molecular complexity index is 815. The van der Waals surface area contributed by atoms with Crippen molar-refractivity contribution in [3.8, 4) is 5.75 Å². The first kappa shape index (κ1) is 21.1. The van der Waals surface area contributed by atoms with E-state index in [4.69, 9.17) is 14.2 Å². The van der Waals surface area contributed by atoms with Gasteiger partial charge in [-0.1, -0.05) is 37.3 Å². The van der Waals surface area contributed by atoms with Crippen LogP contribution >= 0.6 is 0 Å². The molecular formula is C21H23NO6. The van der Waals surface area contributed by atoms with Crippen molar-refractivity contribution < 1.29 is 28.6 Å². The maximum atomic E-state index is 12.9. The summed E-state index contributed by atoms with van der Waals surface area (Å²) in [5.41, 5.74) is 0.927. The lowest BCUT2D eigenvalue weighted by atomic mass is 10.1. The van der Waals surface area contributed by atoms with Gasteiger partial charge in [-0.2, -0.15) is 0 Å². The molecule has 1 unspecified atom stereocenters. The smallest absolute Gasteiger partial charge is 0.338 e. The number of hydrogen-bond donors (Lipinski definition) is 0. The summed E-state index contributed by atoms with van der Waals surface area (Å²) in [5, 5.41) is 0. The van der Waals surface area contributed by atoms with Gasteiger partial charge in [0.05, 0.1) is 25.3 Å². The summed E-state index contributed by atoms with van der Waals surface area (Å²) in [7, 11) is 4.25. The number of methoxy groups -OCH3 is 2. The number of hydrogen-bond acceptors (Lipinski definition) is 7. The summed E-state index contributed by atoms with van der Waals surface area (Å²) in [5.74, 6) is -1.80. The van der Waals surface area contributed by atoms with Gasteiger partial charge in [0.2, 0.25) is 0 Å². The van der Waals surface area contributed by atoms with Crippen LogP contribution in [0, 0.1) is 0 Å². The summed E-state index contributed by atoms with van der Waals surface area (Å²) in [4.78, 5) is 38.6. The predicted molar refractivity (Wildman–Crippen MR) is 102 cm³/mol. The molecule has 0 aromatic heterocycles. The van der Waals surface area contributed by atoms with Crippen LogP contribution in [-0.2, 0) is 14.3 Å². The Kier molecular flexibility index (Phi) is 7.28. The zero-order chi connectivity index (χ0) is 20.7. The van der Waals surface area contributed by atoms with Crippen LogP contribution in [0.15, 0.2) is 48.5 Å². The first-order valence-electron chi connectivity index (χ1n) is 8.69. The fourth-order valence-electron chi connectivity index (χ4n) is 2.69. The summed E-state index contributed by atoms with van der Waals surface area (Å²) < 4.78 is 14.9. The third kappa shape index (κ3) is 4.95. The van der Waals surface area contributed by atoms with Crippen molar-refractivity contribution >= 4 is 17.9 Å². The minimum Gasteiger partial charge on any atom is -0.465 e. The molecule has 28 heavy (non-hydrogen) atoms. The molecule has 1 atom stereocenters. The second-order valence-electron chi connectivity index (χ2n) is 6.04. The van der Waals surface area contributed by atoms with Crippen molar-refractivity contribution in [1.29, 1.82) is 0 Å². The molecule has 2 rings (SSSR count). The Morgan fingerprint density at radius 1 is 0.929 bits per heavy atom. The number of benzene rings is 2. The first-order valence-corrected chi connectivity index (χ1v) is 8.69. The average Bonchev–Trinajstić information content (AvgIpc) is 2.72. The number of ether oxygens (including phenoxy) is 3. The molecule has 0 aliphatic carbocycles. The Labute approximate surface area is 163 Å². The van der Waals surface area contributed by atoms with Crippen LogP contribution < -0.4 is 4.74 Å². The highest BCUT2D eigenvalue weighted by Crippen LogP contribution is 2.25. The van der Waals surface area contributed by atoms with E-state index in [1.165, 1.54) is 32.4 Å². The minimum absolute atomic E-state index is 0.0544. The van der Waals surface area contributed by atoms with Gasteiger partial charge in [0.25, 0.3) is 0 Å². The van der Waals surface area contributed by atoms with Crippen molar-refractivity contribution in [2.24, 2.45) is 0 Å². The molecule has 2 aromatic carbocycles. The van der Waals surface area contributed by atoms with Crippen LogP contribution in [0.4, 0.5) is 0 Å². The maximum absolute atomic E-state index is 12.9. The Morgan fingerprint density at radius 3 is 1.93 bits per heavy atom. The number of rotatable bonds is 7. The van der Waals surface area contributed by atoms with Gasteiger partial charge in [0.1, 0.15) is 11.8 Å². The third-order valence-electron chi connectivity index (χ3n) is 4.25. The van der Waals surface area contributed by atoms with Gasteiger partial charge in [-0.3, -0.25) is 4.90 Å². The summed E-state index contributed by atoms with van der Waals surface area (Å²) in [6.07, 6.45) is 0. The lowest BCUT2D eigenvalue weighted by Crippen LogP contribution is -2.33. The molecular weight excluding hydrogens is 362 g/mol. The zero-order valence-electron chi connectivity index (χ0n) is 16.3. The van der Waals surface area contributed by atoms with Crippen LogP contribution in [0.25, 0.3) is 0 Å². The van der Waals surface area contributed by atoms with E-state index in [0.29, 0.717) is 6.54 Å². The molecule has 2 aromatic rings. The molecule has 0 radical (unpaired) electrons. The average molecular weight is 385 g/mol. The third-order valence-corrected chi connectivity index (χ3v) is 4.25. The minimum atomic E-state index is -0.659. The van der Waals surface area contributed by atoms with Gasteiger partial charge in [-0.25, -0.2) is 14.4 Å². The number of carbonyl (C=O) groups excluding carboxylic acids is 3. The molecule has 148 valence electrons. The van der Waals surface area contributed by atoms with Gasteiger partial charge in [-0.15, -0.1) is 0 Å². The highest BCUT2D eigenvalue weighted by atomic mass is 16.5. The molecule has 0 saturated heterocycles. The van der Waals surface area contributed by atoms with E-state index >= 15 is 0 Å². The van der Waals surface area contributed by atoms with E-state index in [2.05, 4.69) is 0 Å². The van der Waals surface area contributed by atoms with Crippen molar-refractivity contribution in [3.63, 3.8) is 0 Å². The van der Waals surface area contributed by atoms with Crippen LogP contribution in [-0.4, -0.2) is 50.6 Å². The van der Waals surface area contributed by atoms with Crippen molar-refractivity contribution in [2.45, 2.75) is 13.0 Å². The van der Waals surface area contributed by atoms with Crippen LogP contribution in [0.3, 0.4) is 0 Å². The van der Waals surface area contributed by atoms with Gasteiger partial charge in [-0.05, 0) is 37.4 Å². The molecule has 0 aliphatic heterocycles. The standard InChI is InChI=1S/C21H23NO6/c1-5-22(2)18(14-9-7-6-8-10-14)21(25)28-17-12-15(19(23)26-3)11-16(13-17)20(24)27-4/h6-13,18H,5H2,1-4H3. The van der Waals surface area contributed by atoms with E-state index in [9.17, 15) is 14.4 Å². The Morgan fingerprint density at radius 2 is 1.46 bits per heavy atom. The lowest BCUT2D eigenvalue weighted by Gasteiger charge is -2.25. The van der Waals surface area contributed by atoms with Crippen LogP contribution in [0.5, 0.6) is 5.75 Å². The summed E-state index contributed by atoms with van der Waals surface area (Å²) >= 11 is 0. The molecule has 0 N–H and O–H groups in total. The topological polar surface area (TPSA) is 82.1 Å². The fourth-order valence-corrected chi connectivity index (χ4v) is 2.69. The summed E-state index contributed by atoms with van der Waals surface area (Å²) in [6.45, 7) is 2.54. The van der Waals surface area contributed by atoms with E-state index < -0.39 is 23.9 Å². The van der Waals surface area contributed by atoms with E-state index in [-0.39, 0.29) is 16.9 Å². The van der Waals surface area contributed by atoms with Crippen LogP contribution in [0.1, 0.15) is 39.2 Å². The molecule has 0 fully saturated rings. The quantitative estimate of drug-likeness (QED) is 0.535. The maximum Gasteiger partial charge on any atom is 0.338 e. The van der Waals surface area contributed by atoms with Crippen molar-refractivity contribution in [2.75, 3.05) is 27.8 Å². The lowest BCUT2D eigenvalue weighted by molar-refractivity contribution is -0.140. The largest absolute Gasteiger partial charge is 0.465 e. The van der Waals surface area contributed by atoms with Crippen molar-refractivity contribution in [3.05, 3.63) is 65.2 Å².